The maximum Gasteiger partial charge on any atom is 0.313 e. The van der Waals surface area contributed by atoms with E-state index in [4.69, 9.17) is 27.9 Å². The first-order valence-corrected chi connectivity index (χ1v) is 8.57. The molecule has 0 fully saturated rings. The molecule has 1 heterocycles. The number of thioether (sulfide) groups is 1. The highest BCUT2D eigenvalue weighted by Crippen LogP contribution is 2.17. The van der Waals surface area contributed by atoms with Gasteiger partial charge in [-0.2, -0.15) is 0 Å². The average Bonchev–Trinajstić information content (AvgIpc) is 2.59. The van der Waals surface area contributed by atoms with E-state index in [9.17, 15) is 4.79 Å². The van der Waals surface area contributed by atoms with Crippen molar-refractivity contribution >= 4 is 40.1 Å². The summed E-state index contributed by atoms with van der Waals surface area (Å²) in [4.78, 5) is 18.3. The molecule has 9 heteroatoms. The van der Waals surface area contributed by atoms with Gasteiger partial charge in [-0.05, 0) is 49.7 Å². The van der Waals surface area contributed by atoms with Crippen LogP contribution in [0.15, 0.2) is 30.3 Å². The predicted molar refractivity (Wildman–Crippen MR) is 104 cm³/mol. The Bertz CT molecular complexity index is 704. The van der Waals surface area contributed by atoms with Crippen LogP contribution in [0.3, 0.4) is 0 Å². The summed E-state index contributed by atoms with van der Waals surface area (Å²) in [7, 11) is 1.59. The number of nitrogens with zero attached hydrogens (tertiary/aromatic N) is 2. The number of carbonyl (C=O) groups is 1. The van der Waals surface area contributed by atoms with E-state index in [0.29, 0.717) is 10.1 Å². The summed E-state index contributed by atoms with van der Waals surface area (Å²) in [6.07, 6.45) is 0. The van der Waals surface area contributed by atoms with Crippen LogP contribution >= 0.6 is 24.0 Å². The third kappa shape index (κ3) is 7.92. The van der Waals surface area contributed by atoms with Gasteiger partial charge in [0, 0.05) is 11.4 Å². The van der Waals surface area contributed by atoms with Gasteiger partial charge in [-0.1, -0.05) is 12.2 Å². The summed E-state index contributed by atoms with van der Waals surface area (Å²) >= 11 is 6.22. The number of hydrazine groups is 1. The fourth-order valence-electron chi connectivity index (χ4n) is 1.73. The van der Waals surface area contributed by atoms with E-state index < -0.39 is 5.97 Å². The fourth-order valence-corrected chi connectivity index (χ4v) is 2.60. The standard InChI is InChI=1S/C10H10O3S2.C6H10N4/c1-13-8-4-2-7(3-5-8)10(14)15-6-9(11)12;1-4-3-5(2)9-6(8-4)10-7/h2-5H,6H2,1H3,(H,11,12);3H,7H2,1-2H3,(H,8,9,10). The van der Waals surface area contributed by atoms with E-state index >= 15 is 0 Å². The molecule has 4 N–H and O–H groups in total. The van der Waals surface area contributed by atoms with Crippen LogP contribution in [0.2, 0.25) is 0 Å². The van der Waals surface area contributed by atoms with Gasteiger partial charge in [-0.25, -0.2) is 15.8 Å². The zero-order valence-electron chi connectivity index (χ0n) is 14.1. The van der Waals surface area contributed by atoms with Gasteiger partial charge in [0.25, 0.3) is 0 Å². The van der Waals surface area contributed by atoms with Gasteiger partial charge in [0.05, 0.1) is 17.1 Å². The molecule has 7 nitrogen and oxygen atoms in total. The minimum absolute atomic E-state index is 0.00906. The highest BCUT2D eigenvalue weighted by atomic mass is 32.2. The van der Waals surface area contributed by atoms with Crippen molar-refractivity contribution in [2.24, 2.45) is 5.84 Å². The first kappa shape index (κ1) is 20.8. The van der Waals surface area contributed by atoms with Crippen LogP contribution in [-0.2, 0) is 4.79 Å². The molecule has 1 aromatic carbocycles. The Morgan fingerprint density at radius 1 is 1.28 bits per heavy atom. The molecule has 0 spiro atoms. The lowest BCUT2D eigenvalue weighted by Gasteiger charge is -2.03. The summed E-state index contributed by atoms with van der Waals surface area (Å²) in [6, 6.07) is 9.11. The second kappa shape index (κ2) is 10.6. The van der Waals surface area contributed by atoms with Crippen molar-refractivity contribution in [1.29, 1.82) is 0 Å². The van der Waals surface area contributed by atoms with Crippen molar-refractivity contribution in [1.82, 2.24) is 9.97 Å². The molecule has 2 aromatic rings. The SMILES string of the molecule is COc1ccc(C(=S)SCC(=O)O)cc1.Cc1cc(C)nc(NN)n1. The molecule has 134 valence electrons. The Labute approximate surface area is 156 Å². The molecule has 0 saturated heterocycles. The number of carboxylic acids is 1. The van der Waals surface area contributed by atoms with Crippen LogP contribution in [0, 0.1) is 13.8 Å². The summed E-state index contributed by atoms with van der Waals surface area (Å²) in [5, 5.41) is 8.49. The molecular formula is C16H20N4O3S2. The van der Waals surface area contributed by atoms with Crippen LogP contribution in [0.1, 0.15) is 17.0 Å². The van der Waals surface area contributed by atoms with E-state index in [2.05, 4.69) is 15.4 Å². The number of rotatable bonds is 5. The topological polar surface area (TPSA) is 110 Å². The highest BCUT2D eigenvalue weighted by Gasteiger charge is 2.05. The van der Waals surface area contributed by atoms with Gasteiger partial charge < -0.3 is 9.84 Å². The number of anilines is 1. The van der Waals surface area contributed by atoms with E-state index in [1.54, 1.807) is 19.2 Å². The van der Waals surface area contributed by atoms with Gasteiger partial charge >= 0.3 is 5.97 Å². The van der Waals surface area contributed by atoms with Crippen molar-refractivity contribution in [2.75, 3.05) is 18.3 Å². The first-order valence-electron chi connectivity index (χ1n) is 7.17. The number of nitrogen functional groups attached to an aromatic ring is 1. The lowest BCUT2D eigenvalue weighted by atomic mass is 10.2. The van der Waals surface area contributed by atoms with Crippen LogP contribution in [0.5, 0.6) is 5.75 Å². The normalized spacial score (nSPS) is 9.60. The fraction of sp³-hybridized carbons (Fsp3) is 0.250. The minimum atomic E-state index is -0.865. The summed E-state index contributed by atoms with van der Waals surface area (Å²) in [5.74, 6) is 5.46. The summed E-state index contributed by atoms with van der Waals surface area (Å²) < 4.78 is 5.59. The van der Waals surface area contributed by atoms with Crippen molar-refractivity contribution in [2.45, 2.75) is 13.8 Å². The number of nitrogens with one attached hydrogen (secondary N) is 1. The molecule has 25 heavy (non-hydrogen) atoms. The third-order valence-electron chi connectivity index (χ3n) is 2.76. The molecule has 0 aliphatic rings. The molecule has 0 amide bonds. The maximum absolute atomic E-state index is 10.3. The molecule has 0 atom stereocenters. The Morgan fingerprint density at radius 2 is 1.84 bits per heavy atom. The zero-order chi connectivity index (χ0) is 18.8. The first-order chi connectivity index (χ1) is 11.8. The second-order valence-electron chi connectivity index (χ2n) is 4.82. The number of thiocarbonyl (C=S) groups is 1. The largest absolute Gasteiger partial charge is 0.497 e. The Hall–Kier alpha value is -2.23. The molecule has 0 bridgehead atoms. The Kier molecular flexibility index (Phi) is 8.82. The van der Waals surface area contributed by atoms with E-state index in [0.717, 1.165) is 34.5 Å². The van der Waals surface area contributed by atoms with E-state index in [-0.39, 0.29) is 5.75 Å². The van der Waals surface area contributed by atoms with Crippen molar-refractivity contribution in [3.8, 4) is 5.75 Å². The van der Waals surface area contributed by atoms with Crippen LogP contribution in [-0.4, -0.2) is 38.1 Å². The predicted octanol–water partition coefficient (Wildman–Crippen LogP) is 2.57. The third-order valence-corrected chi connectivity index (χ3v) is 4.24. The second-order valence-corrected chi connectivity index (χ2v) is 6.47. The molecule has 0 saturated carbocycles. The van der Waals surface area contributed by atoms with Gasteiger partial charge in [-0.15, -0.1) is 11.8 Å². The van der Waals surface area contributed by atoms with E-state index in [1.165, 1.54) is 0 Å². The maximum atomic E-state index is 10.3. The van der Waals surface area contributed by atoms with Crippen molar-refractivity contribution in [3.63, 3.8) is 0 Å². The monoisotopic (exact) mass is 380 g/mol. The van der Waals surface area contributed by atoms with Gasteiger partial charge in [0.2, 0.25) is 5.95 Å². The number of nitrogens with two attached hydrogens (primary N) is 1. The molecule has 2 rings (SSSR count). The summed E-state index contributed by atoms with van der Waals surface area (Å²) in [6.45, 7) is 3.80. The summed E-state index contributed by atoms with van der Waals surface area (Å²) in [5.41, 5.74) is 5.07. The molecule has 0 radical (unpaired) electrons. The van der Waals surface area contributed by atoms with Crippen LogP contribution in [0.4, 0.5) is 5.95 Å². The lowest BCUT2D eigenvalue weighted by molar-refractivity contribution is -0.133. The number of hydrogen-bond acceptors (Lipinski definition) is 8. The highest BCUT2D eigenvalue weighted by molar-refractivity contribution is 8.24. The number of ether oxygens (including phenoxy) is 1. The number of aromatic nitrogens is 2. The molecule has 0 unspecified atom stereocenters. The molecule has 1 aromatic heterocycles. The zero-order valence-corrected chi connectivity index (χ0v) is 15.8. The number of benzene rings is 1. The number of hydrogen-bond donors (Lipinski definition) is 3. The van der Waals surface area contributed by atoms with Gasteiger partial charge in [0.15, 0.2) is 0 Å². The number of carboxylic acid groups (broad SMARTS) is 1. The number of aliphatic carboxylic acids is 1. The van der Waals surface area contributed by atoms with Crippen molar-refractivity contribution < 1.29 is 14.6 Å². The minimum Gasteiger partial charge on any atom is -0.497 e. The Balaban J connectivity index is 0.000000271. The lowest BCUT2D eigenvalue weighted by Crippen LogP contribution is -2.11. The van der Waals surface area contributed by atoms with Gasteiger partial charge in [-0.3, -0.25) is 10.2 Å². The Morgan fingerprint density at radius 3 is 2.28 bits per heavy atom. The smallest absolute Gasteiger partial charge is 0.313 e. The quantitative estimate of drug-likeness (QED) is 0.409. The molecule has 0 aliphatic heterocycles. The average molecular weight is 380 g/mol. The van der Waals surface area contributed by atoms with E-state index in [1.807, 2.05) is 32.0 Å². The molecule has 0 aliphatic carbocycles. The number of methoxy groups -OCH3 is 1. The number of aryl methyl sites for hydroxylation is 2. The van der Waals surface area contributed by atoms with Crippen LogP contribution in [0.25, 0.3) is 0 Å². The van der Waals surface area contributed by atoms with Crippen LogP contribution < -0.4 is 16.0 Å². The molecular weight excluding hydrogens is 360 g/mol. The van der Waals surface area contributed by atoms with Gasteiger partial charge in [0.1, 0.15) is 5.75 Å². The van der Waals surface area contributed by atoms with Crippen molar-refractivity contribution in [3.05, 3.63) is 47.3 Å².